The number of rotatable bonds is 5. The van der Waals surface area contributed by atoms with Gasteiger partial charge in [-0.25, -0.2) is 4.39 Å². The van der Waals surface area contributed by atoms with Gasteiger partial charge in [0.05, 0.1) is 25.7 Å². The molecule has 0 bridgehead atoms. The third kappa shape index (κ3) is 3.66. The lowest BCUT2D eigenvalue weighted by atomic mass is 9.74. The summed E-state index contributed by atoms with van der Waals surface area (Å²) < 4.78 is 23.8. The smallest absolute Gasteiger partial charge is 0.161 e. The number of nitrogens with zero attached hydrogens (tertiary/aromatic N) is 2. The summed E-state index contributed by atoms with van der Waals surface area (Å²) in [6.45, 7) is 2.43. The van der Waals surface area contributed by atoms with Crippen LogP contribution in [0.4, 0.5) is 4.39 Å². The Hall–Kier alpha value is -2.58. The van der Waals surface area contributed by atoms with Gasteiger partial charge < -0.3 is 9.47 Å². The Morgan fingerprint density at radius 2 is 1.69 bits per heavy atom. The molecule has 1 aliphatic rings. The average molecular weight is 354 g/mol. The van der Waals surface area contributed by atoms with Crippen molar-refractivity contribution in [3.05, 3.63) is 59.4 Å². The first-order valence-electron chi connectivity index (χ1n) is 8.71. The van der Waals surface area contributed by atoms with Crippen LogP contribution in [-0.2, 0) is 12.0 Å². The number of benzene rings is 2. The first kappa shape index (κ1) is 18.2. The zero-order valence-electron chi connectivity index (χ0n) is 15.2. The maximum Gasteiger partial charge on any atom is 0.161 e. The van der Waals surface area contributed by atoms with E-state index in [0.29, 0.717) is 0 Å². The highest BCUT2D eigenvalue weighted by atomic mass is 19.1. The minimum absolute atomic E-state index is 0.271. The maximum absolute atomic E-state index is 13.2. The van der Waals surface area contributed by atoms with E-state index in [-0.39, 0.29) is 5.82 Å². The van der Waals surface area contributed by atoms with Crippen LogP contribution in [0.15, 0.2) is 42.5 Å². The van der Waals surface area contributed by atoms with Gasteiger partial charge in [0.25, 0.3) is 0 Å². The second-order valence-corrected chi connectivity index (χ2v) is 6.67. The van der Waals surface area contributed by atoms with Gasteiger partial charge in [-0.15, -0.1) is 0 Å². The molecule has 0 unspecified atom stereocenters. The maximum atomic E-state index is 13.2. The molecule has 0 N–H and O–H groups in total. The van der Waals surface area contributed by atoms with Crippen LogP contribution in [0, 0.1) is 17.1 Å². The molecule has 3 rings (SSSR count). The minimum Gasteiger partial charge on any atom is -0.493 e. The van der Waals surface area contributed by atoms with Crippen molar-refractivity contribution in [3.63, 3.8) is 0 Å². The largest absolute Gasteiger partial charge is 0.493 e. The van der Waals surface area contributed by atoms with E-state index < -0.39 is 5.41 Å². The number of nitriles is 1. The fourth-order valence-electron chi connectivity index (χ4n) is 3.56. The molecule has 2 aromatic rings. The van der Waals surface area contributed by atoms with Crippen LogP contribution in [0.2, 0.25) is 0 Å². The van der Waals surface area contributed by atoms with Gasteiger partial charge in [-0.1, -0.05) is 18.2 Å². The molecular weight excluding hydrogens is 331 g/mol. The number of likely N-dealkylation sites (tertiary alicyclic amines) is 1. The Balaban J connectivity index is 1.68. The van der Waals surface area contributed by atoms with Crippen molar-refractivity contribution in [1.29, 1.82) is 5.26 Å². The molecule has 136 valence electrons. The molecule has 26 heavy (non-hydrogen) atoms. The second kappa shape index (κ2) is 7.76. The minimum atomic E-state index is -0.526. The van der Waals surface area contributed by atoms with Crippen molar-refractivity contribution in [2.75, 3.05) is 27.3 Å². The summed E-state index contributed by atoms with van der Waals surface area (Å²) in [5.41, 5.74) is 1.53. The number of piperidine rings is 1. The molecule has 4 nitrogen and oxygen atoms in total. The Morgan fingerprint density at radius 3 is 2.27 bits per heavy atom. The predicted molar refractivity (Wildman–Crippen MR) is 97.7 cm³/mol. The van der Waals surface area contributed by atoms with Crippen LogP contribution in [0.1, 0.15) is 24.0 Å². The van der Waals surface area contributed by atoms with Gasteiger partial charge in [0.2, 0.25) is 0 Å². The number of ether oxygens (including phenoxy) is 2. The quantitative estimate of drug-likeness (QED) is 0.817. The van der Waals surface area contributed by atoms with Crippen LogP contribution >= 0.6 is 0 Å². The summed E-state index contributed by atoms with van der Waals surface area (Å²) in [4.78, 5) is 2.33. The summed E-state index contributed by atoms with van der Waals surface area (Å²) in [5, 5.41) is 9.77. The number of hydrogen-bond acceptors (Lipinski definition) is 4. The fourth-order valence-corrected chi connectivity index (χ4v) is 3.56. The van der Waals surface area contributed by atoms with Crippen molar-refractivity contribution in [3.8, 4) is 17.6 Å². The van der Waals surface area contributed by atoms with Crippen molar-refractivity contribution >= 4 is 0 Å². The van der Waals surface area contributed by atoms with Gasteiger partial charge >= 0.3 is 0 Å². The SMILES string of the molecule is COc1ccc(CN2CCC(C#N)(c3ccc(F)cc3)CC2)cc1OC. The lowest BCUT2D eigenvalue weighted by molar-refractivity contribution is 0.179. The standard InChI is InChI=1S/C21H23FN2O2/c1-25-19-8-3-16(13-20(19)26-2)14-24-11-9-21(15-23,10-12-24)17-4-6-18(22)7-5-17/h3-8,13H,9-12,14H2,1-2H3. The monoisotopic (exact) mass is 354 g/mol. The number of methoxy groups -OCH3 is 2. The van der Waals surface area contributed by atoms with E-state index >= 15 is 0 Å². The zero-order valence-corrected chi connectivity index (χ0v) is 15.2. The van der Waals surface area contributed by atoms with E-state index in [0.717, 1.165) is 55.1 Å². The molecule has 1 heterocycles. The van der Waals surface area contributed by atoms with Gasteiger partial charge in [0, 0.05) is 19.6 Å². The number of halogens is 1. The predicted octanol–water partition coefficient (Wildman–Crippen LogP) is 3.90. The molecular formula is C21H23FN2O2. The van der Waals surface area contributed by atoms with E-state index in [2.05, 4.69) is 11.0 Å². The summed E-state index contributed by atoms with van der Waals surface area (Å²) in [6.07, 6.45) is 1.48. The lowest BCUT2D eigenvalue weighted by Crippen LogP contribution is -2.41. The molecule has 0 amide bonds. The summed E-state index contributed by atoms with van der Waals surface area (Å²) in [6, 6.07) is 14.8. The van der Waals surface area contributed by atoms with Crippen LogP contribution in [0.5, 0.6) is 11.5 Å². The van der Waals surface area contributed by atoms with E-state index in [4.69, 9.17) is 9.47 Å². The number of hydrogen-bond donors (Lipinski definition) is 0. The first-order valence-corrected chi connectivity index (χ1v) is 8.71. The molecule has 2 aromatic carbocycles. The molecule has 5 heteroatoms. The van der Waals surface area contributed by atoms with Crippen molar-refractivity contribution in [2.24, 2.45) is 0 Å². The Bertz CT molecular complexity index is 791. The van der Waals surface area contributed by atoms with Gasteiger partial charge in [-0.3, -0.25) is 4.90 Å². The highest BCUT2D eigenvalue weighted by molar-refractivity contribution is 5.43. The molecule has 1 aliphatic heterocycles. The highest BCUT2D eigenvalue weighted by Crippen LogP contribution is 2.36. The van der Waals surface area contributed by atoms with Crippen LogP contribution in [0.25, 0.3) is 0 Å². The third-order valence-corrected chi connectivity index (χ3v) is 5.17. The van der Waals surface area contributed by atoms with Gasteiger partial charge in [0.1, 0.15) is 5.82 Å². The van der Waals surface area contributed by atoms with Gasteiger partial charge in [-0.2, -0.15) is 5.26 Å². The van der Waals surface area contributed by atoms with Crippen molar-refractivity contribution in [2.45, 2.75) is 24.8 Å². The molecule has 1 fully saturated rings. The average Bonchev–Trinajstić information content (AvgIpc) is 2.69. The van der Waals surface area contributed by atoms with Crippen molar-refractivity contribution in [1.82, 2.24) is 4.90 Å². The zero-order chi connectivity index (χ0) is 18.6. The van der Waals surface area contributed by atoms with E-state index in [1.165, 1.54) is 12.1 Å². The molecule has 1 saturated heterocycles. The van der Waals surface area contributed by atoms with E-state index in [1.54, 1.807) is 26.4 Å². The normalized spacial score (nSPS) is 16.7. The van der Waals surface area contributed by atoms with E-state index in [1.807, 2.05) is 18.2 Å². The van der Waals surface area contributed by atoms with Crippen LogP contribution in [0.3, 0.4) is 0 Å². The van der Waals surface area contributed by atoms with Crippen LogP contribution < -0.4 is 9.47 Å². The van der Waals surface area contributed by atoms with Gasteiger partial charge in [0.15, 0.2) is 11.5 Å². The molecule has 0 radical (unpaired) electrons. The molecule has 0 atom stereocenters. The fraction of sp³-hybridized carbons (Fsp3) is 0.381. The second-order valence-electron chi connectivity index (χ2n) is 6.67. The molecule has 0 aliphatic carbocycles. The molecule has 0 aromatic heterocycles. The Kier molecular flexibility index (Phi) is 5.43. The molecule has 0 saturated carbocycles. The first-order chi connectivity index (χ1) is 12.6. The van der Waals surface area contributed by atoms with E-state index in [9.17, 15) is 9.65 Å². The topological polar surface area (TPSA) is 45.5 Å². The summed E-state index contributed by atoms with van der Waals surface area (Å²) in [7, 11) is 3.26. The summed E-state index contributed by atoms with van der Waals surface area (Å²) >= 11 is 0. The highest BCUT2D eigenvalue weighted by Gasteiger charge is 2.36. The summed E-state index contributed by atoms with van der Waals surface area (Å²) in [5.74, 6) is 1.17. The van der Waals surface area contributed by atoms with Gasteiger partial charge in [-0.05, 0) is 48.2 Å². The Morgan fingerprint density at radius 1 is 1.04 bits per heavy atom. The Labute approximate surface area is 153 Å². The van der Waals surface area contributed by atoms with Crippen LogP contribution in [-0.4, -0.2) is 32.2 Å². The lowest BCUT2D eigenvalue weighted by Gasteiger charge is -2.37. The third-order valence-electron chi connectivity index (χ3n) is 5.17. The molecule has 0 spiro atoms. The van der Waals surface area contributed by atoms with Crippen molar-refractivity contribution < 1.29 is 13.9 Å².